The lowest BCUT2D eigenvalue weighted by Crippen LogP contribution is -2.06. The molecule has 0 fully saturated rings. The second kappa shape index (κ2) is 6.68. The minimum absolute atomic E-state index is 0.0781. The molecule has 0 aromatic heterocycles. The van der Waals surface area contributed by atoms with Crippen LogP contribution >= 0.6 is 46.4 Å². The SMILES string of the molecule is O=C(OCc1ccc(Cl)c(Cl)c1)c1ccc(Cl)cc1Cl. The van der Waals surface area contributed by atoms with Crippen molar-refractivity contribution >= 4 is 52.4 Å². The average Bonchev–Trinajstić information content (AvgIpc) is 2.40. The highest BCUT2D eigenvalue weighted by Crippen LogP contribution is 2.24. The fourth-order valence-electron chi connectivity index (χ4n) is 1.51. The molecule has 20 heavy (non-hydrogen) atoms. The number of benzene rings is 2. The zero-order valence-corrected chi connectivity index (χ0v) is 13.0. The molecule has 104 valence electrons. The molecule has 2 nitrogen and oxygen atoms in total. The first kappa shape index (κ1) is 15.5. The van der Waals surface area contributed by atoms with E-state index in [1.54, 1.807) is 24.3 Å². The van der Waals surface area contributed by atoms with Crippen LogP contribution in [-0.4, -0.2) is 5.97 Å². The zero-order valence-electron chi connectivity index (χ0n) is 10.00. The van der Waals surface area contributed by atoms with Crippen molar-refractivity contribution < 1.29 is 9.53 Å². The highest BCUT2D eigenvalue weighted by atomic mass is 35.5. The largest absolute Gasteiger partial charge is 0.457 e. The van der Waals surface area contributed by atoms with Gasteiger partial charge in [0.25, 0.3) is 0 Å². The Morgan fingerprint density at radius 2 is 1.65 bits per heavy atom. The normalized spacial score (nSPS) is 10.4. The van der Waals surface area contributed by atoms with Gasteiger partial charge in [0.2, 0.25) is 0 Å². The Labute approximate surface area is 136 Å². The van der Waals surface area contributed by atoms with Crippen molar-refractivity contribution in [2.24, 2.45) is 0 Å². The quantitative estimate of drug-likeness (QED) is 0.668. The predicted octanol–water partition coefficient (Wildman–Crippen LogP) is 5.66. The molecule has 0 unspecified atom stereocenters. The molecule has 0 heterocycles. The number of halogens is 4. The molecule has 0 aliphatic rings. The van der Waals surface area contributed by atoms with Gasteiger partial charge in [-0.3, -0.25) is 0 Å². The average molecular weight is 350 g/mol. The molecule has 0 radical (unpaired) electrons. The molecule has 2 aromatic carbocycles. The molecular weight excluding hydrogens is 342 g/mol. The van der Waals surface area contributed by atoms with Crippen LogP contribution in [0.4, 0.5) is 0 Å². The first-order chi connectivity index (χ1) is 9.47. The van der Waals surface area contributed by atoms with Gasteiger partial charge in [0.1, 0.15) is 6.61 Å². The summed E-state index contributed by atoms with van der Waals surface area (Å²) in [4.78, 5) is 11.9. The second-order valence-electron chi connectivity index (χ2n) is 3.95. The lowest BCUT2D eigenvalue weighted by Gasteiger charge is -2.07. The monoisotopic (exact) mass is 348 g/mol. The van der Waals surface area contributed by atoms with E-state index in [0.717, 1.165) is 5.56 Å². The summed E-state index contributed by atoms with van der Waals surface area (Å²) in [5.41, 5.74) is 0.994. The third-order valence-electron chi connectivity index (χ3n) is 2.50. The summed E-state index contributed by atoms with van der Waals surface area (Å²) in [6.07, 6.45) is 0. The number of hydrogen-bond donors (Lipinski definition) is 0. The third kappa shape index (κ3) is 3.80. The van der Waals surface area contributed by atoms with Crippen molar-refractivity contribution in [2.75, 3.05) is 0 Å². The van der Waals surface area contributed by atoms with Gasteiger partial charge < -0.3 is 4.74 Å². The predicted molar refractivity (Wildman–Crippen MR) is 82.0 cm³/mol. The molecule has 0 spiro atoms. The number of hydrogen-bond acceptors (Lipinski definition) is 2. The summed E-state index contributed by atoms with van der Waals surface area (Å²) in [7, 11) is 0. The van der Waals surface area contributed by atoms with E-state index in [-0.39, 0.29) is 17.2 Å². The molecule has 2 aromatic rings. The lowest BCUT2D eigenvalue weighted by molar-refractivity contribution is 0.0473. The zero-order chi connectivity index (χ0) is 14.7. The van der Waals surface area contributed by atoms with Gasteiger partial charge >= 0.3 is 5.97 Å². The van der Waals surface area contributed by atoms with Crippen molar-refractivity contribution in [1.82, 2.24) is 0 Å². The van der Waals surface area contributed by atoms with Crippen LogP contribution in [0.15, 0.2) is 36.4 Å². The maximum absolute atomic E-state index is 11.9. The third-order valence-corrected chi connectivity index (χ3v) is 3.79. The van der Waals surface area contributed by atoms with Crippen molar-refractivity contribution in [3.05, 3.63) is 67.6 Å². The van der Waals surface area contributed by atoms with Crippen LogP contribution < -0.4 is 0 Å². The fourth-order valence-corrected chi connectivity index (χ4v) is 2.32. The fraction of sp³-hybridized carbons (Fsp3) is 0.0714. The van der Waals surface area contributed by atoms with Gasteiger partial charge in [-0.1, -0.05) is 52.5 Å². The summed E-state index contributed by atoms with van der Waals surface area (Å²) >= 11 is 23.4. The van der Waals surface area contributed by atoms with Gasteiger partial charge in [0.15, 0.2) is 0 Å². The Morgan fingerprint density at radius 1 is 0.900 bits per heavy atom. The van der Waals surface area contributed by atoms with E-state index in [2.05, 4.69) is 0 Å². The minimum atomic E-state index is -0.530. The second-order valence-corrected chi connectivity index (χ2v) is 5.61. The van der Waals surface area contributed by atoms with Gasteiger partial charge in [-0.2, -0.15) is 0 Å². The maximum atomic E-state index is 11.9. The van der Waals surface area contributed by atoms with E-state index in [1.165, 1.54) is 12.1 Å². The number of rotatable bonds is 3. The minimum Gasteiger partial charge on any atom is -0.457 e. The molecule has 6 heteroatoms. The Morgan fingerprint density at radius 3 is 2.30 bits per heavy atom. The van der Waals surface area contributed by atoms with Gasteiger partial charge in [-0.05, 0) is 35.9 Å². The first-order valence-electron chi connectivity index (χ1n) is 5.53. The van der Waals surface area contributed by atoms with Gasteiger partial charge in [0, 0.05) is 5.02 Å². The highest BCUT2D eigenvalue weighted by molar-refractivity contribution is 6.42. The van der Waals surface area contributed by atoms with Crippen LogP contribution in [0, 0.1) is 0 Å². The van der Waals surface area contributed by atoms with Gasteiger partial charge in [-0.25, -0.2) is 4.79 Å². The Bertz CT molecular complexity index is 656. The molecule has 0 aliphatic heterocycles. The van der Waals surface area contributed by atoms with E-state index in [4.69, 9.17) is 51.1 Å². The Kier molecular flexibility index (Phi) is 5.17. The standard InChI is InChI=1S/C14H8Cl4O2/c15-9-2-3-10(12(17)6-9)14(19)20-7-8-1-4-11(16)13(18)5-8/h1-6H,7H2. The van der Waals surface area contributed by atoms with E-state index in [9.17, 15) is 4.79 Å². The van der Waals surface area contributed by atoms with Crippen molar-refractivity contribution in [3.63, 3.8) is 0 Å². The van der Waals surface area contributed by atoms with E-state index < -0.39 is 5.97 Å². The van der Waals surface area contributed by atoms with Crippen LogP contribution in [0.3, 0.4) is 0 Å². The molecule has 2 rings (SSSR count). The van der Waals surface area contributed by atoms with Crippen LogP contribution in [-0.2, 0) is 11.3 Å². The number of ether oxygens (including phenoxy) is 1. The van der Waals surface area contributed by atoms with E-state index in [1.807, 2.05) is 0 Å². The van der Waals surface area contributed by atoms with Crippen molar-refractivity contribution in [2.45, 2.75) is 6.61 Å². The molecular formula is C14H8Cl4O2. The Balaban J connectivity index is 2.06. The van der Waals surface area contributed by atoms with E-state index in [0.29, 0.717) is 15.1 Å². The number of carbonyl (C=O) groups excluding carboxylic acids is 1. The molecule has 0 atom stereocenters. The molecule has 0 N–H and O–H groups in total. The highest BCUT2D eigenvalue weighted by Gasteiger charge is 2.12. The lowest BCUT2D eigenvalue weighted by atomic mass is 10.2. The van der Waals surface area contributed by atoms with Crippen molar-refractivity contribution in [1.29, 1.82) is 0 Å². The number of carbonyl (C=O) groups is 1. The molecule has 0 amide bonds. The number of esters is 1. The molecule has 0 saturated heterocycles. The van der Waals surface area contributed by atoms with Gasteiger partial charge in [0.05, 0.1) is 20.6 Å². The summed E-state index contributed by atoms with van der Waals surface area (Å²) in [6, 6.07) is 9.58. The summed E-state index contributed by atoms with van der Waals surface area (Å²) in [5.74, 6) is -0.530. The topological polar surface area (TPSA) is 26.3 Å². The van der Waals surface area contributed by atoms with E-state index >= 15 is 0 Å². The molecule has 0 aliphatic carbocycles. The Hall–Kier alpha value is -0.930. The van der Waals surface area contributed by atoms with Gasteiger partial charge in [-0.15, -0.1) is 0 Å². The maximum Gasteiger partial charge on any atom is 0.339 e. The van der Waals surface area contributed by atoms with Crippen LogP contribution in [0.5, 0.6) is 0 Å². The molecule has 0 bridgehead atoms. The van der Waals surface area contributed by atoms with Crippen molar-refractivity contribution in [3.8, 4) is 0 Å². The van der Waals surface area contributed by atoms with Crippen LogP contribution in [0.25, 0.3) is 0 Å². The smallest absolute Gasteiger partial charge is 0.339 e. The summed E-state index contributed by atoms with van der Waals surface area (Å²) in [5, 5.41) is 1.56. The first-order valence-corrected chi connectivity index (χ1v) is 7.04. The van der Waals surface area contributed by atoms with Crippen LogP contribution in [0.1, 0.15) is 15.9 Å². The molecule has 0 saturated carbocycles. The summed E-state index contributed by atoms with van der Waals surface area (Å²) < 4.78 is 5.16. The summed E-state index contributed by atoms with van der Waals surface area (Å²) in [6.45, 7) is 0.0781. The van der Waals surface area contributed by atoms with Crippen LogP contribution in [0.2, 0.25) is 20.1 Å².